The second-order valence-electron chi connectivity index (χ2n) is 5.66. The van der Waals surface area contributed by atoms with E-state index in [1.807, 2.05) is 0 Å². The number of ether oxygens (including phenoxy) is 1. The summed E-state index contributed by atoms with van der Waals surface area (Å²) < 4.78 is 5.38. The van der Waals surface area contributed by atoms with Gasteiger partial charge in [-0.05, 0) is 24.7 Å². The van der Waals surface area contributed by atoms with Crippen LogP contribution in [-0.4, -0.2) is 34.1 Å². The van der Waals surface area contributed by atoms with Crippen molar-refractivity contribution >= 4 is 28.2 Å². The largest absolute Gasteiger partial charge is 0.451 e. The van der Waals surface area contributed by atoms with Crippen molar-refractivity contribution in [3.05, 3.63) is 5.51 Å². The minimum atomic E-state index is -0.977. The highest BCUT2D eigenvalue weighted by Crippen LogP contribution is 2.34. The molecule has 0 aromatic carbocycles. The molecule has 21 heavy (non-hydrogen) atoms. The van der Waals surface area contributed by atoms with Gasteiger partial charge in [-0.2, -0.15) is 0 Å². The molecule has 2 heterocycles. The Morgan fingerprint density at radius 1 is 1.57 bits per heavy atom. The smallest absolute Gasteiger partial charge is 0.310 e. The van der Waals surface area contributed by atoms with Gasteiger partial charge in [0.25, 0.3) is 0 Å². The normalized spacial score (nSPS) is 25.0. The Balaban J connectivity index is 1.86. The van der Waals surface area contributed by atoms with Crippen molar-refractivity contribution in [3.8, 4) is 0 Å². The molecule has 2 unspecified atom stereocenters. The predicted molar refractivity (Wildman–Crippen MR) is 78.1 cm³/mol. The monoisotopic (exact) mass is 312 g/mol. The molecular weight excluding hydrogens is 290 g/mol. The van der Waals surface area contributed by atoms with Crippen molar-refractivity contribution in [2.75, 3.05) is 6.54 Å². The molecule has 0 spiro atoms. The average Bonchev–Trinajstić information content (AvgIpc) is 3.06. The molecule has 1 aliphatic rings. The maximum Gasteiger partial charge on any atom is 0.310 e. The molecule has 116 valence electrons. The summed E-state index contributed by atoms with van der Waals surface area (Å²) in [6.07, 6.45) is 4.56. The summed E-state index contributed by atoms with van der Waals surface area (Å²) in [5, 5.41) is 10.0. The summed E-state index contributed by atoms with van der Waals surface area (Å²) in [6, 6.07) is 0. The van der Waals surface area contributed by atoms with Crippen LogP contribution in [0.5, 0.6) is 0 Å². The van der Waals surface area contributed by atoms with Gasteiger partial charge in [-0.3, -0.25) is 14.9 Å². The number of nitrogens with zero attached hydrogens (tertiary/aromatic N) is 2. The van der Waals surface area contributed by atoms with E-state index in [2.05, 4.69) is 17.1 Å². The highest BCUT2D eigenvalue weighted by Gasteiger charge is 2.48. The molecule has 1 aliphatic heterocycles. The van der Waals surface area contributed by atoms with Crippen molar-refractivity contribution in [2.24, 2.45) is 5.92 Å². The van der Waals surface area contributed by atoms with E-state index in [1.54, 1.807) is 17.8 Å². The summed E-state index contributed by atoms with van der Waals surface area (Å²) in [4.78, 5) is 24.2. The number of carbonyl (C=O) groups excluding carboxylic acids is 2. The van der Waals surface area contributed by atoms with Gasteiger partial charge < -0.3 is 4.74 Å². The van der Waals surface area contributed by atoms with Gasteiger partial charge in [-0.25, -0.2) is 0 Å². The predicted octanol–water partition coefficient (Wildman–Crippen LogP) is 1.20. The van der Waals surface area contributed by atoms with E-state index in [0.29, 0.717) is 6.42 Å². The molecule has 2 N–H and O–H groups in total. The SMILES string of the molecule is CCCCCC1CC(C)(C(=O)C[NH2+]c2nncs2)OC1=O. The van der Waals surface area contributed by atoms with E-state index in [4.69, 9.17) is 4.74 Å². The third kappa shape index (κ3) is 4.07. The number of rotatable bonds is 8. The van der Waals surface area contributed by atoms with Crippen LogP contribution in [0.4, 0.5) is 5.13 Å². The highest BCUT2D eigenvalue weighted by molar-refractivity contribution is 7.12. The second kappa shape index (κ2) is 7.09. The lowest BCUT2D eigenvalue weighted by atomic mass is 9.89. The van der Waals surface area contributed by atoms with Crippen LogP contribution in [-0.2, 0) is 14.3 Å². The molecule has 0 saturated carbocycles. The molecule has 1 aromatic heterocycles. The van der Waals surface area contributed by atoms with Crippen molar-refractivity contribution < 1.29 is 19.6 Å². The summed E-state index contributed by atoms with van der Waals surface area (Å²) in [6.45, 7) is 4.07. The molecule has 7 heteroatoms. The zero-order valence-corrected chi connectivity index (χ0v) is 13.3. The van der Waals surface area contributed by atoms with Crippen LogP contribution in [0.3, 0.4) is 0 Å². The molecule has 0 amide bonds. The van der Waals surface area contributed by atoms with Crippen LogP contribution >= 0.6 is 11.3 Å². The van der Waals surface area contributed by atoms with E-state index < -0.39 is 5.60 Å². The Bertz CT molecular complexity index is 492. The van der Waals surface area contributed by atoms with Crippen molar-refractivity contribution in [1.29, 1.82) is 0 Å². The van der Waals surface area contributed by atoms with Gasteiger partial charge in [0.2, 0.25) is 5.78 Å². The number of carbonyl (C=O) groups is 2. The number of hydrogen-bond acceptors (Lipinski definition) is 6. The molecule has 2 rings (SSSR count). The number of esters is 1. The Morgan fingerprint density at radius 2 is 2.38 bits per heavy atom. The van der Waals surface area contributed by atoms with E-state index in [1.165, 1.54) is 11.3 Å². The molecule has 0 bridgehead atoms. The van der Waals surface area contributed by atoms with Crippen LogP contribution in [0.2, 0.25) is 0 Å². The highest BCUT2D eigenvalue weighted by atomic mass is 32.1. The topological polar surface area (TPSA) is 85.8 Å². The van der Waals surface area contributed by atoms with E-state index >= 15 is 0 Å². The van der Waals surface area contributed by atoms with Gasteiger partial charge in [-0.15, -0.1) is 5.10 Å². The molecule has 1 saturated heterocycles. The van der Waals surface area contributed by atoms with Gasteiger partial charge >= 0.3 is 11.1 Å². The van der Waals surface area contributed by atoms with E-state index in [0.717, 1.165) is 30.8 Å². The zero-order chi connectivity index (χ0) is 15.3. The fourth-order valence-corrected chi connectivity index (χ4v) is 3.07. The first-order valence-electron chi connectivity index (χ1n) is 7.40. The number of unbranched alkanes of at least 4 members (excludes halogenated alkanes) is 2. The van der Waals surface area contributed by atoms with Crippen molar-refractivity contribution in [1.82, 2.24) is 10.2 Å². The fraction of sp³-hybridized carbons (Fsp3) is 0.714. The molecular formula is C14H22N3O3S+. The van der Waals surface area contributed by atoms with Crippen LogP contribution in [0.25, 0.3) is 0 Å². The molecule has 2 atom stereocenters. The first-order valence-corrected chi connectivity index (χ1v) is 8.28. The maximum atomic E-state index is 12.3. The maximum absolute atomic E-state index is 12.3. The summed E-state index contributed by atoms with van der Waals surface area (Å²) >= 11 is 1.38. The number of quaternary nitrogens is 1. The van der Waals surface area contributed by atoms with Crippen LogP contribution < -0.4 is 5.32 Å². The standard InChI is InChI=1S/C14H21N3O3S/c1-3-4-5-6-10-7-14(2,20-12(10)19)11(18)8-15-13-17-16-9-21-13/h9-10H,3-8H2,1-2H3,(H,15,17)/p+1. The molecule has 1 aromatic rings. The lowest BCUT2D eigenvalue weighted by molar-refractivity contribution is -0.559. The number of nitrogens with two attached hydrogens (primary N) is 1. The average molecular weight is 312 g/mol. The lowest BCUT2D eigenvalue weighted by Crippen LogP contribution is -2.81. The Labute approximate surface area is 128 Å². The number of hydrogen-bond donors (Lipinski definition) is 1. The number of Topliss-reactive ketones (excluding diaryl/α,β-unsaturated/α-hetero) is 1. The van der Waals surface area contributed by atoms with Gasteiger partial charge in [0, 0.05) is 6.42 Å². The lowest BCUT2D eigenvalue weighted by Gasteiger charge is -2.19. The summed E-state index contributed by atoms with van der Waals surface area (Å²) in [5.41, 5.74) is 0.645. The minimum absolute atomic E-state index is 0.0657. The molecule has 0 radical (unpaired) electrons. The minimum Gasteiger partial charge on any atom is -0.451 e. The second-order valence-corrected chi connectivity index (χ2v) is 6.52. The first kappa shape index (κ1) is 16.0. The summed E-state index contributed by atoms with van der Waals surface area (Å²) in [7, 11) is 0. The summed E-state index contributed by atoms with van der Waals surface area (Å²) in [5.74, 6) is -0.422. The third-order valence-electron chi connectivity index (χ3n) is 3.88. The Hall–Kier alpha value is -1.34. The van der Waals surface area contributed by atoms with Crippen LogP contribution in [0.1, 0.15) is 46.0 Å². The number of cyclic esters (lactones) is 1. The first-order chi connectivity index (χ1) is 10.0. The van der Waals surface area contributed by atoms with Crippen LogP contribution in [0, 0.1) is 5.92 Å². The molecule has 0 aliphatic carbocycles. The Morgan fingerprint density at radius 3 is 3.05 bits per heavy atom. The van der Waals surface area contributed by atoms with E-state index in [9.17, 15) is 9.59 Å². The van der Waals surface area contributed by atoms with Crippen LogP contribution in [0.15, 0.2) is 5.51 Å². The van der Waals surface area contributed by atoms with Gasteiger partial charge in [-0.1, -0.05) is 31.3 Å². The quantitative estimate of drug-likeness (QED) is 0.576. The van der Waals surface area contributed by atoms with Gasteiger partial charge in [0.15, 0.2) is 5.60 Å². The fourth-order valence-electron chi connectivity index (χ4n) is 2.60. The number of ketones is 1. The zero-order valence-electron chi connectivity index (χ0n) is 12.5. The Kier molecular flexibility index (Phi) is 5.41. The third-order valence-corrected chi connectivity index (χ3v) is 4.57. The van der Waals surface area contributed by atoms with Gasteiger partial charge in [0.05, 0.1) is 5.92 Å². The van der Waals surface area contributed by atoms with Gasteiger partial charge in [0.1, 0.15) is 12.1 Å². The van der Waals surface area contributed by atoms with Crippen molar-refractivity contribution in [2.45, 2.75) is 51.6 Å². The number of aromatic nitrogens is 2. The van der Waals surface area contributed by atoms with Crippen molar-refractivity contribution in [3.63, 3.8) is 0 Å². The molecule has 1 fully saturated rings. The molecule has 6 nitrogen and oxygen atoms in total. The van der Waals surface area contributed by atoms with E-state index in [-0.39, 0.29) is 24.2 Å².